The Hall–Kier alpha value is -1.14. The van der Waals surface area contributed by atoms with Crippen LogP contribution in [0.5, 0.6) is 11.8 Å². The highest BCUT2D eigenvalue weighted by Gasteiger charge is 2.11. The zero-order valence-corrected chi connectivity index (χ0v) is 10.9. The first kappa shape index (κ1) is 11.3. The maximum atomic E-state index is 5.82. The van der Waals surface area contributed by atoms with Crippen molar-refractivity contribution < 1.29 is 4.74 Å². The van der Waals surface area contributed by atoms with Gasteiger partial charge in [-0.1, -0.05) is 11.6 Å². The van der Waals surface area contributed by atoms with Gasteiger partial charge in [-0.25, -0.2) is 14.6 Å². The molecule has 0 spiro atoms. The Morgan fingerprint density at radius 1 is 1.44 bits per heavy atom. The van der Waals surface area contributed by atoms with E-state index in [9.17, 15) is 0 Å². The van der Waals surface area contributed by atoms with Crippen LogP contribution in [0, 0.1) is 6.92 Å². The molecule has 0 bridgehead atoms. The van der Waals surface area contributed by atoms with Crippen molar-refractivity contribution in [2.75, 3.05) is 0 Å². The molecule has 5 nitrogen and oxygen atoms in total. The minimum Gasteiger partial charge on any atom is -0.420 e. The summed E-state index contributed by atoms with van der Waals surface area (Å²) in [6.07, 6.45) is 1.34. The Bertz CT molecular complexity index is 528. The summed E-state index contributed by atoms with van der Waals surface area (Å²) in [7, 11) is 1.79. The molecule has 0 aliphatic heterocycles. The summed E-state index contributed by atoms with van der Waals surface area (Å²) in [5.41, 5.74) is 0.869. The molecule has 0 unspecified atom stereocenters. The summed E-state index contributed by atoms with van der Waals surface area (Å²) in [5.74, 6) is 0.955. The second-order valence-electron chi connectivity index (χ2n) is 3.13. The normalized spacial score (nSPS) is 10.5. The first-order valence-corrected chi connectivity index (χ1v) is 5.59. The molecule has 0 aliphatic carbocycles. The van der Waals surface area contributed by atoms with Gasteiger partial charge < -0.3 is 4.74 Å². The number of nitrogens with zero attached hydrogens (tertiary/aromatic N) is 4. The standard InChI is InChI=1S/C9H8BrClN4O/c1-5-3-6(15(2)14-5)16-9-7(10)8(11)12-4-13-9/h3-4H,1-2H3. The molecule has 7 heteroatoms. The van der Waals surface area contributed by atoms with E-state index in [1.807, 2.05) is 13.0 Å². The van der Waals surface area contributed by atoms with Gasteiger partial charge in [-0.3, -0.25) is 0 Å². The van der Waals surface area contributed by atoms with E-state index in [2.05, 4.69) is 31.0 Å². The number of hydrogen-bond donors (Lipinski definition) is 0. The molecule has 0 radical (unpaired) electrons. The Morgan fingerprint density at radius 3 is 2.81 bits per heavy atom. The smallest absolute Gasteiger partial charge is 0.240 e. The van der Waals surface area contributed by atoms with Crippen molar-refractivity contribution in [2.45, 2.75) is 6.92 Å². The lowest BCUT2D eigenvalue weighted by molar-refractivity contribution is 0.412. The van der Waals surface area contributed by atoms with Gasteiger partial charge in [0.05, 0.1) is 5.69 Å². The molecule has 0 saturated carbocycles. The molecule has 0 amide bonds. The molecule has 2 aromatic heterocycles. The molecule has 0 fully saturated rings. The lowest BCUT2D eigenvalue weighted by atomic mass is 10.5. The van der Waals surface area contributed by atoms with Gasteiger partial charge in [-0.2, -0.15) is 5.10 Å². The first-order valence-electron chi connectivity index (χ1n) is 4.42. The maximum Gasteiger partial charge on any atom is 0.240 e. The number of halogens is 2. The van der Waals surface area contributed by atoms with Gasteiger partial charge in [0.2, 0.25) is 11.8 Å². The van der Waals surface area contributed by atoms with Crippen molar-refractivity contribution in [3.05, 3.63) is 27.7 Å². The van der Waals surface area contributed by atoms with Gasteiger partial charge in [-0.05, 0) is 22.9 Å². The molecule has 16 heavy (non-hydrogen) atoms. The zero-order valence-electron chi connectivity index (χ0n) is 8.61. The van der Waals surface area contributed by atoms with Crippen molar-refractivity contribution in [3.8, 4) is 11.8 Å². The zero-order chi connectivity index (χ0) is 11.7. The quantitative estimate of drug-likeness (QED) is 0.801. The minimum absolute atomic E-state index is 0.309. The Balaban J connectivity index is 2.34. The van der Waals surface area contributed by atoms with Crippen LogP contribution in [0.15, 0.2) is 16.9 Å². The topological polar surface area (TPSA) is 52.8 Å². The van der Waals surface area contributed by atoms with E-state index in [-0.39, 0.29) is 0 Å². The lowest BCUT2D eigenvalue weighted by Crippen LogP contribution is -1.97. The van der Waals surface area contributed by atoms with Crippen LogP contribution in [0.3, 0.4) is 0 Å². The fourth-order valence-corrected chi connectivity index (χ4v) is 1.60. The van der Waals surface area contributed by atoms with Crippen molar-refractivity contribution >= 4 is 27.5 Å². The Kier molecular flexibility index (Phi) is 3.11. The van der Waals surface area contributed by atoms with Gasteiger partial charge >= 0.3 is 0 Å². The van der Waals surface area contributed by atoms with Gasteiger partial charge in [0.1, 0.15) is 10.8 Å². The highest BCUT2D eigenvalue weighted by Crippen LogP contribution is 2.31. The van der Waals surface area contributed by atoms with Crippen molar-refractivity contribution in [1.82, 2.24) is 19.7 Å². The molecule has 0 aliphatic rings. The third kappa shape index (κ3) is 2.17. The fourth-order valence-electron chi connectivity index (χ4n) is 1.19. The van der Waals surface area contributed by atoms with Crippen LogP contribution in [0.1, 0.15) is 5.69 Å². The summed E-state index contributed by atoms with van der Waals surface area (Å²) < 4.78 is 7.71. The molecule has 0 N–H and O–H groups in total. The van der Waals surface area contributed by atoms with Crippen LogP contribution in [-0.2, 0) is 7.05 Å². The van der Waals surface area contributed by atoms with Crippen LogP contribution >= 0.6 is 27.5 Å². The van der Waals surface area contributed by atoms with Crippen LogP contribution in [0.25, 0.3) is 0 Å². The van der Waals surface area contributed by atoms with Crippen LogP contribution in [0.4, 0.5) is 0 Å². The molecule has 84 valence electrons. The Morgan fingerprint density at radius 2 is 2.19 bits per heavy atom. The molecule has 0 atom stereocenters. The molecule has 2 heterocycles. The highest BCUT2D eigenvalue weighted by atomic mass is 79.9. The molecular weight excluding hydrogens is 295 g/mol. The third-order valence-corrected chi connectivity index (χ3v) is 3.10. The number of aryl methyl sites for hydroxylation is 2. The highest BCUT2D eigenvalue weighted by molar-refractivity contribution is 9.10. The third-order valence-electron chi connectivity index (χ3n) is 1.88. The predicted molar refractivity (Wildman–Crippen MR) is 62.8 cm³/mol. The average molecular weight is 304 g/mol. The summed E-state index contributed by atoms with van der Waals surface area (Å²) in [4.78, 5) is 7.79. The van der Waals surface area contributed by atoms with E-state index >= 15 is 0 Å². The molecule has 0 aromatic carbocycles. The van der Waals surface area contributed by atoms with Crippen LogP contribution < -0.4 is 4.74 Å². The summed E-state index contributed by atoms with van der Waals surface area (Å²) in [5, 5.41) is 4.47. The number of ether oxygens (including phenoxy) is 1. The number of rotatable bonds is 2. The Labute approximate surface area is 106 Å². The molecule has 0 saturated heterocycles. The largest absolute Gasteiger partial charge is 0.420 e. The second-order valence-corrected chi connectivity index (χ2v) is 4.28. The number of hydrogen-bond acceptors (Lipinski definition) is 4. The maximum absolute atomic E-state index is 5.82. The van der Waals surface area contributed by atoms with E-state index in [0.717, 1.165) is 5.69 Å². The minimum atomic E-state index is 0.309. The van der Waals surface area contributed by atoms with E-state index < -0.39 is 0 Å². The second kappa shape index (κ2) is 4.39. The van der Waals surface area contributed by atoms with Crippen LogP contribution in [0.2, 0.25) is 5.15 Å². The van der Waals surface area contributed by atoms with Crippen molar-refractivity contribution in [2.24, 2.45) is 7.05 Å². The predicted octanol–water partition coefficient (Wildman–Crippen LogP) is 2.73. The molecule has 2 rings (SSSR count). The molecular formula is C9H8BrClN4O. The molecule has 2 aromatic rings. The number of aromatic nitrogens is 4. The van der Waals surface area contributed by atoms with Crippen molar-refractivity contribution in [1.29, 1.82) is 0 Å². The lowest BCUT2D eigenvalue weighted by Gasteiger charge is -2.05. The van der Waals surface area contributed by atoms with Crippen molar-refractivity contribution in [3.63, 3.8) is 0 Å². The van der Waals surface area contributed by atoms with E-state index in [0.29, 0.717) is 21.4 Å². The summed E-state index contributed by atoms with van der Waals surface area (Å²) >= 11 is 9.08. The van der Waals surface area contributed by atoms with Gasteiger partial charge in [0.15, 0.2) is 5.15 Å². The van der Waals surface area contributed by atoms with Crippen LogP contribution in [-0.4, -0.2) is 19.7 Å². The summed E-state index contributed by atoms with van der Waals surface area (Å²) in [6, 6.07) is 1.81. The SMILES string of the molecule is Cc1cc(Oc2ncnc(Cl)c2Br)n(C)n1. The van der Waals surface area contributed by atoms with Gasteiger partial charge in [0, 0.05) is 13.1 Å². The van der Waals surface area contributed by atoms with Gasteiger partial charge in [-0.15, -0.1) is 0 Å². The van der Waals surface area contributed by atoms with E-state index in [1.165, 1.54) is 6.33 Å². The van der Waals surface area contributed by atoms with Gasteiger partial charge in [0.25, 0.3) is 0 Å². The van der Waals surface area contributed by atoms with E-state index in [1.54, 1.807) is 11.7 Å². The monoisotopic (exact) mass is 302 g/mol. The summed E-state index contributed by atoms with van der Waals surface area (Å²) in [6.45, 7) is 1.88. The average Bonchev–Trinajstić information content (AvgIpc) is 2.53. The van der Waals surface area contributed by atoms with E-state index in [4.69, 9.17) is 16.3 Å². The fraction of sp³-hybridized carbons (Fsp3) is 0.222. The first-order chi connectivity index (χ1) is 7.58.